The Bertz CT molecular complexity index is 896. The van der Waals surface area contributed by atoms with Crippen LogP contribution in [0.25, 0.3) is 0 Å². The lowest BCUT2D eigenvalue weighted by molar-refractivity contribution is 0.0972. The molecule has 2 N–H and O–H groups in total. The molecule has 0 amide bonds. The van der Waals surface area contributed by atoms with E-state index in [1.54, 1.807) is 0 Å². The van der Waals surface area contributed by atoms with Crippen molar-refractivity contribution in [2.45, 2.75) is 90.9 Å². The van der Waals surface area contributed by atoms with Gasteiger partial charge in [-0.05, 0) is 48.9 Å². The highest BCUT2D eigenvalue weighted by atomic mass is 16.3. The number of fused-ring (bicyclic) bond motifs is 2. The minimum absolute atomic E-state index is 0.0603. The zero-order chi connectivity index (χ0) is 23.1. The van der Waals surface area contributed by atoms with Gasteiger partial charge >= 0.3 is 0 Å². The molecule has 0 atom stereocenters. The molecular weight excluding hydrogens is 400 g/mol. The van der Waals surface area contributed by atoms with Gasteiger partial charge in [-0.25, -0.2) is 0 Å². The number of carbonyl (C=O) groups excluding carboxylic acids is 2. The van der Waals surface area contributed by atoms with Crippen molar-refractivity contribution in [1.82, 2.24) is 0 Å². The van der Waals surface area contributed by atoms with E-state index in [1.807, 2.05) is 12.1 Å². The van der Waals surface area contributed by atoms with E-state index >= 15 is 0 Å². The van der Waals surface area contributed by atoms with Crippen LogP contribution in [0, 0.1) is 0 Å². The first-order valence-electron chi connectivity index (χ1n) is 12.3. The number of phenolic OH excluding ortho intramolecular Hbond substituents is 2. The molecule has 0 heterocycles. The second-order valence-corrected chi connectivity index (χ2v) is 8.97. The highest BCUT2D eigenvalue weighted by Crippen LogP contribution is 2.40. The molecule has 1 aliphatic rings. The SMILES string of the molecule is CCCCCCCc1ccc(CCCCCCC)c2c1C(=O)c1c(O)ccc(O)c1C2=O. The number of phenols is 2. The van der Waals surface area contributed by atoms with E-state index in [0.29, 0.717) is 11.1 Å². The van der Waals surface area contributed by atoms with Gasteiger partial charge in [0.1, 0.15) is 11.5 Å². The van der Waals surface area contributed by atoms with Crippen molar-refractivity contribution in [2.75, 3.05) is 0 Å². The fraction of sp³-hybridized carbons (Fsp3) is 0.500. The Labute approximate surface area is 191 Å². The first-order chi connectivity index (χ1) is 15.5. The van der Waals surface area contributed by atoms with Crippen LogP contribution in [0.1, 0.15) is 121 Å². The van der Waals surface area contributed by atoms with Gasteiger partial charge in [-0.15, -0.1) is 0 Å². The summed E-state index contributed by atoms with van der Waals surface area (Å²) in [5.41, 5.74) is 2.50. The minimum Gasteiger partial charge on any atom is -0.507 e. The van der Waals surface area contributed by atoms with Crippen LogP contribution >= 0.6 is 0 Å². The van der Waals surface area contributed by atoms with Crippen molar-refractivity contribution >= 4 is 11.6 Å². The number of rotatable bonds is 12. The quantitative estimate of drug-likeness (QED) is 0.239. The third-order valence-corrected chi connectivity index (χ3v) is 6.55. The van der Waals surface area contributed by atoms with Gasteiger partial charge in [-0.3, -0.25) is 9.59 Å². The molecule has 0 fully saturated rings. The van der Waals surface area contributed by atoms with Crippen molar-refractivity contribution < 1.29 is 19.8 Å². The van der Waals surface area contributed by atoms with Gasteiger partial charge in [-0.1, -0.05) is 77.3 Å². The molecule has 0 saturated heterocycles. The fourth-order valence-corrected chi connectivity index (χ4v) is 4.75. The van der Waals surface area contributed by atoms with Crippen molar-refractivity contribution in [3.63, 3.8) is 0 Å². The molecule has 2 aromatic carbocycles. The maximum atomic E-state index is 13.5. The first-order valence-corrected chi connectivity index (χ1v) is 12.3. The number of carbonyl (C=O) groups is 2. The van der Waals surface area contributed by atoms with Crippen LogP contribution in [-0.2, 0) is 12.8 Å². The van der Waals surface area contributed by atoms with E-state index in [0.717, 1.165) is 49.7 Å². The lowest BCUT2D eigenvalue weighted by atomic mass is 9.77. The molecule has 0 bridgehead atoms. The van der Waals surface area contributed by atoms with E-state index < -0.39 is 0 Å². The van der Waals surface area contributed by atoms with Crippen molar-refractivity contribution in [3.05, 3.63) is 57.6 Å². The van der Waals surface area contributed by atoms with Crippen LogP contribution in [0.15, 0.2) is 24.3 Å². The van der Waals surface area contributed by atoms with Crippen molar-refractivity contribution in [3.8, 4) is 11.5 Å². The second kappa shape index (κ2) is 11.3. The summed E-state index contributed by atoms with van der Waals surface area (Å²) in [5.74, 6) is -1.19. The van der Waals surface area contributed by atoms with E-state index in [2.05, 4.69) is 13.8 Å². The number of unbranched alkanes of at least 4 members (excludes halogenated alkanes) is 8. The third-order valence-electron chi connectivity index (χ3n) is 6.55. The normalized spacial score (nSPS) is 12.7. The summed E-state index contributed by atoms with van der Waals surface area (Å²) >= 11 is 0. The molecule has 0 saturated carbocycles. The predicted octanol–water partition coefficient (Wildman–Crippen LogP) is 6.90. The van der Waals surface area contributed by atoms with Gasteiger partial charge in [0.15, 0.2) is 11.6 Å². The van der Waals surface area contributed by atoms with Crippen LogP contribution in [0.4, 0.5) is 0 Å². The molecule has 0 spiro atoms. The number of hydrogen-bond donors (Lipinski definition) is 2. The number of ketones is 2. The van der Waals surface area contributed by atoms with Crippen LogP contribution in [0.3, 0.4) is 0 Å². The summed E-state index contributed by atoms with van der Waals surface area (Å²) in [6.07, 6.45) is 12.7. The van der Waals surface area contributed by atoms with Crippen LogP contribution in [0.2, 0.25) is 0 Å². The highest BCUT2D eigenvalue weighted by molar-refractivity contribution is 6.31. The first kappa shape index (κ1) is 24.0. The Morgan fingerprint density at radius 1 is 0.531 bits per heavy atom. The number of benzene rings is 2. The molecular formula is C28H36O4. The number of aromatic hydroxyl groups is 2. The molecule has 3 rings (SSSR count). The summed E-state index contributed by atoms with van der Waals surface area (Å²) < 4.78 is 0. The van der Waals surface area contributed by atoms with Crippen molar-refractivity contribution in [1.29, 1.82) is 0 Å². The van der Waals surface area contributed by atoms with E-state index in [4.69, 9.17) is 0 Å². The smallest absolute Gasteiger partial charge is 0.198 e. The average Bonchev–Trinajstić information content (AvgIpc) is 2.78. The van der Waals surface area contributed by atoms with E-state index in [1.165, 1.54) is 50.7 Å². The molecule has 4 heteroatoms. The predicted molar refractivity (Wildman–Crippen MR) is 128 cm³/mol. The molecule has 0 aromatic heterocycles. The van der Waals surface area contributed by atoms with Gasteiger partial charge in [0, 0.05) is 11.1 Å². The lowest BCUT2D eigenvalue weighted by Crippen LogP contribution is -2.25. The molecule has 0 aliphatic heterocycles. The molecule has 2 aromatic rings. The Hall–Kier alpha value is -2.62. The fourth-order valence-electron chi connectivity index (χ4n) is 4.75. The maximum Gasteiger partial charge on any atom is 0.198 e. The monoisotopic (exact) mass is 436 g/mol. The molecule has 32 heavy (non-hydrogen) atoms. The summed E-state index contributed by atoms with van der Waals surface area (Å²) in [5, 5.41) is 20.7. The van der Waals surface area contributed by atoms with Crippen molar-refractivity contribution in [2.24, 2.45) is 0 Å². The number of hydrogen-bond acceptors (Lipinski definition) is 4. The van der Waals surface area contributed by atoms with Gasteiger partial charge in [0.25, 0.3) is 0 Å². The van der Waals surface area contributed by atoms with Crippen LogP contribution in [0.5, 0.6) is 11.5 Å². The van der Waals surface area contributed by atoms with Gasteiger partial charge < -0.3 is 10.2 Å². The van der Waals surface area contributed by atoms with E-state index in [9.17, 15) is 19.8 Å². The van der Waals surface area contributed by atoms with Crippen LogP contribution in [-0.4, -0.2) is 21.8 Å². The average molecular weight is 437 g/mol. The summed E-state index contributed by atoms with van der Waals surface area (Å²) in [4.78, 5) is 27.1. The Balaban J connectivity index is 1.97. The summed E-state index contributed by atoms with van der Waals surface area (Å²) in [6.45, 7) is 4.36. The topological polar surface area (TPSA) is 74.6 Å². The maximum absolute atomic E-state index is 13.5. The Kier molecular flexibility index (Phi) is 8.49. The number of aryl methyl sites for hydroxylation is 2. The Morgan fingerprint density at radius 3 is 1.28 bits per heavy atom. The second-order valence-electron chi connectivity index (χ2n) is 8.97. The summed E-state index contributed by atoms with van der Waals surface area (Å²) in [6, 6.07) is 6.56. The minimum atomic E-state index is -0.348. The third kappa shape index (κ3) is 5.06. The molecule has 1 aliphatic carbocycles. The van der Waals surface area contributed by atoms with Crippen LogP contribution < -0.4 is 0 Å². The van der Waals surface area contributed by atoms with Gasteiger partial charge in [-0.2, -0.15) is 0 Å². The van der Waals surface area contributed by atoms with Gasteiger partial charge in [0.05, 0.1) is 11.1 Å². The molecule has 4 nitrogen and oxygen atoms in total. The zero-order valence-corrected chi connectivity index (χ0v) is 19.5. The molecule has 0 unspecified atom stereocenters. The van der Waals surface area contributed by atoms with Gasteiger partial charge in [0.2, 0.25) is 0 Å². The largest absolute Gasteiger partial charge is 0.507 e. The summed E-state index contributed by atoms with van der Waals surface area (Å²) in [7, 11) is 0. The standard InChI is InChI=1S/C28H36O4/c1-3-5-7-9-11-13-19-15-16-20(14-12-10-8-6-4-2)24-23(19)27(31)25-21(29)17-18-22(30)26(25)28(24)32/h15-18,29-30H,3-14H2,1-2H3. The highest BCUT2D eigenvalue weighted by Gasteiger charge is 2.37. The molecule has 172 valence electrons. The Morgan fingerprint density at radius 2 is 0.906 bits per heavy atom. The van der Waals surface area contributed by atoms with E-state index in [-0.39, 0.29) is 34.2 Å². The lowest BCUT2D eigenvalue weighted by Gasteiger charge is -2.24. The zero-order valence-electron chi connectivity index (χ0n) is 19.5. The molecule has 0 radical (unpaired) electrons.